The van der Waals surface area contributed by atoms with E-state index in [4.69, 9.17) is 10.5 Å². The highest BCUT2D eigenvalue weighted by Gasteiger charge is 2.49. The average molecular weight is 185 g/mol. The fraction of sp³-hybridized carbons (Fsp3) is 0.800. The SMILES string of the molecule is NCC(F)(C1=CCCCO1)C1CC1. The van der Waals surface area contributed by atoms with Gasteiger partial charge < -0.3 is 10.5 Å². The van der Waals surface area contributed by atoms with Gasteiger partial charge in [-0.25, -0.2) is 4.39 Å². The molecule has 2 nitrogen and oxygen atoms in total. The first kappa shape index (κ1) is 9.00. The Kier molecular flexibility index (Phi) is 2.28. The van der Waals surface area contributed by atoms with Crippen molar-refractivity contribution in [1.82, 2.24) is 0 Å². The number of allylic oxidation sites excluding steroid dienone is 1. The monoisotopic (exact) mass is 185 g/mol. The standard InChI is InChI=1S/C10H16FNO/c11-10(7-12,8-4-5-8)9-3-1-2-6-13-9/h3,8H,1-2,4-7,12H2. The zero-order chi connectivity index (χ0) is 9.31. The molecule has 1 aliphatic heterocycles. The fourth-order valence-electron chi connectivity index (χ4n) is 1.86. The van der Waals surface area contributed by atoms with Crippen LogP contribution in [-0.2, 0) is 4.74 Å². The topological polar surface area (TPSA) is 35.2 Å². The third kappa shape index (κ3) is 1.57. The van der Waals surface area contributed by atoms with E-state index >= 15 is 0 Å². The Bertz CT molecular complexity index is 225. The summed E-state index contributed by atoms with van der Waals surface area (Å²) in [6.45, 7) is 0.702. The van der Waals surface area contributed by atoms with Crippen LogP contribution in [0.1, 0.15) is 25.7 Å². The van der Waals surface area contributed by atoms with Crippen molar-refractivity contribution >= 4 is 0 Å². The first-order chi connectivity index (χ1) is 6.27. The molecular formula is C10H16FNO. The van der Waals surface area contributed by atoms with E-state index in [0.717, 1.165) is 25.7 Å². The molecule has 3 heteroatoms. The summed E-state index contributed by atoms with van der Waals surface area (Å²) in [4.78, 5) is 0. The van der Waals surface area contributed by atoms with Gasteiger partial charge in [-0.3, -0.25) is 0 Å². The van der Waals surface area contributed by atoms with Crippen molar-refractivity contribution in [1.29, 1.82) is 0 Å². The highest BCUT2D eigenvalue weighted by molar-refractivity contribution is 5.18. The zero-order valence-electron chi connectivity index (χ0n) is 7.76. The third-order valence-electron chi connectivity index (χ3n) is 2.87. The summed E-state index contributed by atoms with van der Waals surface area (Å²) in [5.41, 5.74) is 4.12. The molecule has 0 radical (unpaired) electrons. The molecule has 0 aromatic rings. The molecule has 0 amide bonds. The van der Waals surface area contributed by atoms with Crippen LogP contribution >= 0.6 is 0 Å². The van der Waals surface area contributed by atoms with Gasteiger partial charge >= 0.3 is 0 Å². The van der Waals surface area contributed by atoms with E-state index in [1.54, 1.807) is 0 Å². The van der Waals surface area contributed by atoms with E-state index in [1.165, 1.54) is 0 Å². The fourth-order valence-corrected chi connectivity index (χ4v) is 1.86. The van der Waals surface area contributed by atoms with Crippen LogP contribution in [0.2, 0.25) is 0 Å². The molecule has 13 heavy (non-hydrogen) atoms. The average Bonchev–Trinajstić information content (AvgIpc) is 3.02. The van der Waals surface area contributed by atoms with E-state index in [0.29, 0.717) is 12.4 Å². The van der Waals surface area contributed by atoms with Crippen molar-refractivity contribution in [2.75, 3.05) is 13.2 Å². The number of hydrogen-bond donors (Lipinski definition) is 1. The maximum atomic E-state index is 14.3. The molecule has 0 aromatic carbocycles. The van der Waals surface area contributed by atoms with Gasteiger partial charge in [-0.2, -0.15) is 0 Å². The summed E-state index contributed by atoms with van der Waals surface area (Å²) in [6, 6.07) is 0. The summed E-state index contributed by atoms with van der Waals surface area (Å²) in [6.07, 6.45) is 5.69. The van der Waals surface area contributed by atoms with Gasteiger partial charge in [0.05, 0.1) is 6.61 Å². The Morgan fingerprint density at radius 3 is 2.85 bits per heavy atom. The smallest absolute Gasteiger partial charge is 0.182 e. The molecule has 1 fully saturated rings. The van der Waals surface area contributed by atoms with Gasteiger partial charge in [0.2, 0.25) is 0 Å². The Morgan fingerprint density at radius 1 is 1.62 bits per heavy atom. The maximum Gasteiger partial charge on any atom is 0.182 e. The molecule has 1 aliphatic carbocycles. The van der Waals surface area contributed by atoms with Crippen LogP contribution in [0.4, 0.5) is 4.39 Å². The Labute approximate surface area is 77.9 Å². The lowest BCUT2D eigenvalue weighted by Crippen LogP contribution is -2.39. The number of alkyl halides is 1. The summed E-state index contributed by atoms with van der Waals surface area (Å²) in [7, 11) is 0. The van der Waals surface area contributed by atoms with E-state index in [2.05, 4.69) is 0 Å². The van der Waals surface area contributed by atoms with Crippen LogP contribution in [0.25, 0.3) is 0 Å². The molecule has 74 valence electrons. The predicted octanol–water partition coefficient (Wildman–Crippen LogP) is 1.76. The maximum absolute atomic E-state index is 14.3. The van der Waals surface area contributed by atoms with Crippen LogP contribution in [0, 0.1) is 5.92 Å². The highest BCUT2D eigenvalue weighted by Crippen LogP contribution is 2.46. The molecular weight excluding hydrogens is 169 g/mol. The Hall–Kier alpha value is -0.570. The number of hydrogen-bond acceptors (Lipinski definition) is 2. The van der Waals surface area contributed by atoms with Crippen molar-refractivity contribution in [3.05, 3.63) is 11.8 Å². The van der Waals surface area contributed by atoms with Gasteiger partial charge in [-0.15, -0.1) is 0 Å². The predicted molar refractivity (Wildman–Crippen MR) is 48.9 cm³/mol. The third-order valence-corrected chi connectivity index (χ3v) is 2.87. The second kappa shape index (κ2) is 3.29. The van der Waals surface area contributed by atoms with E-state index in [-0.39, 0.29) is 12.5 Å². The van der Waals surface area contributed by atoms with E-state index in [9.17, 15) is 4.39 Å². The lowest BCUT2D eigenvalue weighted by atomic mass is 9.95. The first-order valence-corrected chi connectivity index (χ1v) is 5.00. The molecule has 1 unspecified atom stereocenters. The zero-order valence-corrected chi connectivity index (χ0v) is 7.76. The van der Waals surface area contributed by atoms with E-state index in [1.807, 2.05) is 6.08 Å². The van der Waals surface area contributed by atoms with Crippen molar-refractivity contribution < 1.29 is 9.13 Å². The van der Waals surface area contributed by atoms with Gasteiger partial charge in [-0.05, 0) is 31.8 Å². The molecule has 0 spiro atoms. The lowest BCUT2D eigenvalue weighted by Gasteiger charge is -2.28. The Morgan fingerprint density at radius 2 is 2.38 bits per heavy atom. The molecule has 0 bridgehead atoms. The van der Waals surface area contributed by atoms with Crippen LogP contribution in [0.15, 0.2) is 11.8 Å². The van der Waals surface area contributed by atoms with Gasteiger partial charge in [0.1, 0.15) is 5.76 Å². The van der Waals surface area contributed by atoms with Crippen molar-refractivity contribution in [2.24, 2.45) is 11.7 Å². The van der Waals surface area contributed by atoms with Crippen LogP contribution < -0.4 is 5.73 Å². The van der Waals surface area contributed by atoms with Crippen molar-refractivity contribution in [3.8, 4) is 0 Å². The largest absolute Gasteiger partial charge is 0.495 e. The summed E-state index contributed by atoms with van der Waals surface area (Å²) >= 11 is 0. The number of nitrogens with two attached hydrogens (primary N) is 1. The number of rotatable bonds is 3. The second-order valence-corrected chi connectivity index (χ2v) is 3.90. The summed E-state index contributed by atoms with van der Waals surface area (Å²) in [5, 5.41) is 0. The summed E-state index contributed by atoms with van der Waals surface area (Å²) in [5.74, 6) is 0.616. The molecule has 1 heterocycles. The van der Waals surface area contributed by atoms with Gasteiger partial charge in [0, 0.05) is 12.5 Å². The normalized spacial score (nSPS) is 27.4. The lowest BCUT2D eigenvalue weighted by molar-refractivity contribution is 0.0647. The molecule has 0 aromatic heterocycles. The minimum Gasteiger partial charge on any atom is -0.495 e. The van der Waals surface area contributed by atoms with Crippen LogP contribution in [0.5, 0.6) is 0 Å². The molecule has 2 N–H and O–H groups in total. The Balaban J connectivity index is 2.13. The molecule has 2 rings (SSSR count). The quantitative estimate of drug-likeness (QED) is 0.727. The molecule has 1 saturated carbocycles. The van der Waals surface area contributed by atoms with Crippen LogP contribution in [0.3, 0.4) is 0 Å². The number of halogens is 1. The molecule has 0 saturated heterocycles. The highest BCUT2D eigenvalue weighted by atomic mass is 19.1. The number of ether oxygens (including phenoxy) is 1. The summed E-state index contributed by atoms with van der Waals surface area (Å²) < 4.78 is 19.6. The first-order valence-electron chi connectivity index (χ1n) is 5.00. The molecule has 2 aliphatic rings. The van der Waals surface area contributed by atoms with Crippen molar-refractivity contribution in [2.45, 2.75) is 31.4 Å². The van der Waals surface area contributed by atoms with Gasteiger partial charge in [0.25, 0.3) is 0 Å². The van der Waals surface area contributed by atoms with Gasteiger partial charge in [0.15, 0.2) is 5.67 Å². The molecule has 1 atom stereocenters. The van der Waals surface area contributed by atoms with Crippen LogP contribution in [-0.4, -0.2) is 18.8 Å². The van der Waals surface area contributed by atoms with Gasteiger partial charge in [-0.1, -0.05) is 0 Å². The van der Waals surface area contributed by atoms with E-state index < -0.39 is 5.67 Å². The minimum atomic E-state index is -1.36. The minimum absolute atomic E-state index is 0.0590. The van der Waals surface area contributed by atoms with Crippen molar-refractivity contribution in [3.63, 3.8) is 0 Å². The second-order valence-electron chi connectivity index (χ2n) is 3.90.